The summed E-state index contributed by atoms with van der Waals surface area (Å²) in [7, 11) is 0. The number of hydrogen-bond donors (Lipinski definition) is 10. The van der Waals surface area contributed by atoms with Gasteiger partial charge in [-0.25, -0.2) is 4.79 Å². The van der Waals surface area contributed by atoms with Crippen molar-refractivity contribution < 1.29 is 54.0 Å². The molecular formula is C26H38N6O11S. The molecule has 1 rings (SSSR count). The van der Waals surface area contributed by atoms with Crippen molar-refractivity contribution >= 4 is 53.2 Å². The highest BCUT2D eigenvalue weighted by molar-refractivity contribution is 7.98. The third-order valence-corrected chi connectivity index (χ3v) is 6.72. The number of thioether (sulfide) groups is 1. The number of primary amides is 1. The summed E-state index contributed by atoms with van der Waals surface area (Å²) in [5.74, 6) is -7.90. The summed E-state index contributed by atoms with van der Waals surface area (Å²) in [6, 6.07) is -2.45. The second-order valence-electron chi connectivity index (χ2n) is 9.78. The van der Waals surface area contributed by atoms with Crippen LogP contribution in [0.4, 0.5) is 0 Å². The van der Waals surface area contributed by atoms with Crippen molar-refractivity contribution in [3.8, 4) is 5.75 Å². The number of nitrogens with one attached hydrogen (secondary N) is 4. The van der Waals surface area contributed by atoms with Crippen LogP contribution in [0.1, 0.15) is 31.7 Å². The van der Waals surface area contributed by atoms with Crippen molar-refractivity contribution in [2.75, 3.05) is 12.0 Å². The van der Waals surface area contributed by atoms with Gasteiger partial charge in [0.1, 0.15) is 23.9 Å². The number of aliphatic carboxylic acids is 2. The number of carbonyl (C=O) groups excluding carboxylic acids is 5. The number of aliphatic hydroxyl groups excluding tert-OH is 1. The van der Waals surface area contributed by atoms with E-state index in [2.05, 4.69) is 21.3 Å². The Morgan fingerprint density at radius 1 is 0.818 bits per heavy atom. The summed E-state index contributed by atoms with van der Waals surface area (Å²) in [4.78, 5) is 86.5. The molecule has 0 unspecified atom stereocenters. The lowest BCUT2D eigenvalue weighted by atomic mass is 10.0. The molecule has 6 atom stereocenters. The number of rotatable bonds is 19. The number of carboxylic acids is 2. The standard InChI is InChI=1S/C26H38N6O11S/c1-12(33)21(26(42)43)32-25(41)16(9-13-3-5-14(34)6-4-13)30-24(40)18(11-20(36)37)31-23(39)17(10-19(28)35)29-22(38)15(27)7-8-44-2/h3-6,12,15-18,21,33-34H,7-11,27H2,1-2H3,(H2,28,35)(H,29,38)(H,30,40)(H,31,39)(H,32,41)(H,36,37)(H,42,43)/t12-,15+,16+,17+,18+,21+/m1/s1. The van der Waals surface area contributed by atoms with Crippen LogP contribution >= 0.6 is 11.8 Å². The molecule has 18 heteroatoms. The van der Waals surface area contributed by atoms with Gasteiger partial charge in [-0.15, -0.1) is 0 Å². The lowest BCUT2D eigenvalue weighted by Crippen LogP contribution is -2.60. The average molecular weight is 643 g/mol. The molecule has 17 nitrogen and oxygen atoms in total. The Bertz CT molecular complexity index is 1200. The first-order chi connectivity index (χ1) is 20.5. The van der Waals surface area contributed by atoms with Crippen molar-refractivity contribution in [3.05, 3.63) is 29.8 Å². The van der Waals surface area contributed by atoms with Crippen LogP contribution < -0.4 is 32.7 Å². The van der Waals surface area contributed by atoms with Crippen molar-refractivity contribution in [1.29, 1.82) is 0 Å². The van der Waals surface area contributed by atoms with Crippen LogP contribution in [0.5, 0.6) is 5.75 Å². The number of carbonyl (C=O) groups is 7. The Morgan fingerprint density at radius 2 is 1.32 bits per heavy atom. The van der Waals surface area contributed by atoms with Crippen molar-refractivity contribution in [3.63, 3.8) is 0 Å². The second-order valence-corrected chi connectivity index (χ2v) is 10.8. The van der Waals surface area contributed by atoms with Gasteiger partial charge in [-0.2, -0.15) is 11.8 Å². The maximum atomic E-state index is 13.2. The largest absolute Gasteiger partial charge is 0.508 e. The Hall–Kier alpha value is -4.42. The van der Waals surface area contributed by atoms with Crippen LogP contribution in [0.3, 0.4) is 0 Å². The number of phenols is 1. The summed E-state index contributed by atoms with van der Waals surface area (Å²) >= 11 is 1.42. The fourth-order valence-electron chi connectivity index (χ4n) is 3.71. The van der Waals surface area contributed by atoms with Crippen LogP contribution in [0.15, 0.2) is 24.3 Å². The number of benzene rings is 1. The molecule has 0 bridgehead atoms. The molecule has 0 saturated heterocycles. The third-order valence-electron chi connectivity index (χ3n) is 6.08. The highest BCUT2D eigenvalue weighted by atomic mass is 32.2. The van der Waals surface area contributed by atoms with E-state index in [1.807, 2.05) is 0 Å². The van der Waals surface area contributed by atoms with E-state index in [0.717, 1.165) is 6.92 Å². The van der Waals surface area contributed by atoms with Crippen LogP contribution in [0.2, 0.25) is 0 Å². The first-order valence-corrected chi connectivity index (χ1v) is 14.6. The number of phenolic OH excluding ortho intramolecular Hbond substituents is 1. The SMILES string of the molecule is CSCC[C@H](N)C(=O)N[C@@H](CC(N)=O)C(=O)N[C@@H](CC(=O)O)C(=O)N[C@@H](Cc1ccc(O)cc1)C(=O)N[C@H](C(=O)O)[C@@H](C)O. The quantitative estimate of drug-likeness (QED) is 0.0711. The maximum absolute atomic E-state index is 13.2. The van der Waals surface area contributed by atoms with Gasteiger partial charge >= 0.3 is 11.9 Å². The van der Waals surface area contributed by atoms with E-state index in [0.29, 0.717) is 11.3 Å². The molecule has 12 N–H and O–H groups in total. The molecule has 0 aliphatic rings. The van der Waals surface area contributed by atoms with Crippen LogP contribution in [0, 0.1) is 0 Å². The van der Waals surface area contributed by atoms with E-state index in [-0.39, 0.29) is 18.6 Å². The predicted molar refractivity (Wildman–Crippen MR) is 156 cm³/mol. The number of aromatic hydroxyl groups is 1. The summed E-state index contributed by atoms with van der Waals surface area (Å²) in [5.41, 5.74) is 11.4. The zero-order valence-electron chi connectivity index (χ0n) is 24.0. The Kier molecular flexibility index (Phi) is 15.6. The molecule has 1 aromatic carbocycles. The van der Waals surface area contributed by atoms with Gasteiger partial charge in [0, 0.05) is 6.42 Å². The fraction of sp³-hybridized carbons (Fsp3) is 0.500. The van der Waals surface area contributed by atoms with E-state index in [1.54, 1.807) is 6.26 Å². The lowest BCUT2D eigenvalue weighted by Gasteiger charge is -2.26. The number of carboxylic acid groups (broad SMARTS) is 2. The van der Waals surface area contributed by atoms with Gasteiger partial charge in [0.25, 0.3) is 0 Å². The third kappa shape index (κ3) is 13.3. The van der Waals surface area contributed by atoms with E-state index in [9.17, 15) is 54.0 Å². The number of hydrogen-bond acceptors (Lipinski definition) is 11. The molecule has 0 aliphatic heterocycles. The summed E-state index contributed by atoms with van der Waals surface area (Å²) in [6.07, 6.45) is -1.50. The first-order valence-electron chi connectivity index (χ1n) is 13.2. The minimum atomic E-state index is -1.85. The number of aliphatic hydroxyl groups is 1. The zero-order chi connectivity index (χ0) is 33.6. The smallest absolute Gasteiger partial charge is 0.328 e. The molecule has 5 amide bonds. The topological polar surface area (TPSA) is 301 Å². The number of amides is 5. The molecule has 0 heterocycles. The monoisotopic (exact) mass is 642 g/mol. The predicted octanol–water partition coefficient (Wildman–Crippen LogP) is -3.23. The van der Waals surface area contributed by atoms with Crippen LogP contribution in [0.25, 0.3) is 0 Å². The number of nitrogens with two attached hydrogens (primary N) is 2. The van der Waals surface area contributed by atoms with E-state index >= 15 is 0 Å². The summed E-state index contributed by atoms with van der Waals surface area (Å²) < 4.78 is 0. The Labute approximate surface area is 256 Å². The highest BCUT2D eigenvalue weighted by Crippen LogP contribution is 2.12. The van der Waals surface area contributed by atoms with Gasteiger partial charge in [-0.05, 0) is 43.0 Å². The van der Waals surface area contributed by atoms with Gasteiger partial charge in [0.2, 0.25) is 29.5 Å². The zero-order valence-corrected chi connectivity index (χ0v) is 24.8. The molecule has 0 aliphatic carbocycles. The normalized spacial score (nSPS) is 14.9. The Morgan fingerprint density at radius 3 is 1.80 bits per heavy atom. The summed E-state index contributed by atoms with van der Waals surface area (Å²) in [5, 5.41) is 46.8. The maximum Gasteiger partial charge on any atom is 0.328 e. The molecule has 0 spiro atoms. The van der Waals surface area contributed by atoms with Gasteiger partial charge < -0.3 is 53.2 Å². The molecular weight excluding hydrogens is 604 g/mol. The van der Waals surface area contributed by atoms with E-state index < -0.39 is 90.6 Å². The lowest BCUT2D eigenvalue weighted by molar-refractivity contribution is -0.145. The van der Waals surface area contributed by atoms with Crippen LogP contribution in [-0.2, 0) is 40.0 Å². The van der Waals surface area contributed by atoms with Crippen LogP contribution in [-0.4, -0.2) is 110 Å². The second kappa shape index (κ2) is 18.3. The molecule has 0 aromatic heterocycles. The molecule has 44 heavy (non-hydrogen) atoms. The summed E-state index contributed by atoms with van der Waals surface area (Å²) in [6.45, 7) is 1.11. The van der Waals surface area contributed by atoms with Gasteiger partial charge in [0.05, 0.1) is 25.0 Å². The van der Waals surface area contributed by atoms with E-state index in [4.69, 9.17) is 11.5 Å². The highest BCUT2D eigenvalue weighted by Gasteiger charge is 2.34. The van der Waals surface area contributed by atoms with Crippen molar-refractivity contribution in [2.45, 2.75) is 68.9 Å². The van der Waals surface area contributed by atoms with Gasteiger partial charge in [-0.3, -0.25) is 28.8 Å². The van der Waals surface area contributed by atoms with Gasteiger partial charge in [-0.1, -0.05) is 12.1 Å². The van der Waals surface area contributed by atoms with Crippen molar-refractivity contribution in [1.82, 2.24) is 21.3 Å². The van der Waals surface area contributed by atoms with Gasteiger partial charge in [0.15, 0.2) is 6.04 Å². The minimum absolute atomic E-state index is 0.106. The average Bonchev–Trinajstić information content (AvgIpc) is 2.93. The molecule has 0 fully saturated rings. The molecule has 1 aromatic rings. The molecule has 0 saturated carbocycles. The molecule has 244 valence electrons. The molecule has 0 radical (unpaired) electrons. The minimum Gasteiger partial charge on any atom is -0.508 e. The Balaban J connectivity index is 3.26. The first kappa shape index (κ1) is 37.6. The fourth-order valence-corrected chi connectivity index (χ4v) is 4.20. The van der Waals surface area contributed by atoms with E-state index in [1.165, 1.54) is 36.0 Å². The van der Waals surface area contributed by atoms with Crippen molar-refractivity contribution in [2.24, 2.45) is 11.5 Å².